The Morgan fingerprint density at radius 3 is 1.49 bits per heavy atom. The zero-order valence-electron chi connectivity index (χ0n) is 36.8. The van der Waals surface area contributed by atoms with Crippen LogP contribution in [0.5, 0.6) is 0 Å². The number of rotatable bonds is 10. The van der Waals surface area contributed by atoms with Crippen molar-refractivity contribution in [3.05, 3.63) is 184 Å². The highest BCUT2D eigenvalue weighted by Crippen LogP contribution is 2.29. The standard InChI is InChI=1S/C31H33N5O.C22H21BrN2O/c1-22-18-27(21-29(19-22)35-14-16-36(17-15-35)30-6-4-5-12-33-30)24(3)31(37)34-28-9-7-25(8-10-28)26-11-13-32-23(2)20-26;1-14-10-19(13-20(23)11-14)16(3)22(26)25-21-6-4-17(5-7-21)18-8-9-24-15(2)12-18/h4-13,18-21,24H,14-17H2,1-3H3,(H,34,37);4-13,16H,1-3H3,(H,25,26). The number of piperazine rings is 1. The van der Waals surface area contributed by atoms with Gasteiger partial charge in [0.25, 0.3) is 0 Å². The molecule has 2 unspecified atom stereocenters. The molecule has 0 radical (unpaired) electrons. The summed E-state index contributed by atoms with van der Waals surface area (Å²) in [6.45, 7) is 15.7. The number of pyridine rings is 3. The van der Waals surface area contributed by atoms with E-state index in [0.717, 1.165) is 104 Å². The van der Waals surface area contributed by atoms with Gasteiger partial charge in [-0.1, -0.05) is 58.4 Å². The summed E-state index contributed by atoms with van der Waals surface area (Å²) in [6.07, 6.45) is 5.47. The van der Waals surface area contributed by atoms with E-state index in [2.05, 4.69) is 88.6 Å². The molecule has 2 atom stereocenters. The molecule has 3 aromatic heterocycles. The maximum Gasteiger partial charge on any atom is 0.231 e. The molecule has 4 aromatic carbocycles. The van der Waals surface area contributed by atoms with Crippen LogP contribution in [0, 0.1) is 27.7 Å². The van der Waals surface area contributed by atoms with E-state index in [1.54, 1.807) is 0 Å². The SMILES string of the molecule is Cc1cc(Br)cc(C(C)C(=O)Nc2ccc(-c3ccnc(C)c3)cc2)c1.Cc1cc(C(C)C(=O)Nc2ccc(-c3ccnc(C)c3)cc2)cc(N2CCN(c3ccccn3)CC2)c1. The lowest BCUT2D eigenvalue weighted by molar-refractivity contribution is -0.118. The molecule has 9 nitrogen and oxygen atoms in total. The summed E-state index contributed by atoms with van der Waals surface area (Å²) in [6, 6.07) is 42.6. The Kier molecular flexibility index (Phi) is 14.4. The van der Waals surface area contributed by atoms with E-state index in [9.17, 15) is 9.59 Å². The number of aromatic nitrogens is 3. The molecule has 2 amide bonds. The smallest absolute Gasteiger partial charge is 0.231 e. The molecular weight excluding hydrogens is 847 g/mol. The molecular formula is C53H54BrN7O2. The first-order chi connectivity index (χ1) is 30.4. The van der Waals surface area contributed by atoms with E-state index < -0.39 is 0 Å². The zero-order valence-corrected chi connectivity index (χ0v) is 38.4. The van der Waals surface area contributed by atoms with E-state index in [4.69, 9.17) is 0 Å². The number of carbonyl (C=O) groups is 2. The molecule has 0 saturated carbocycles. The maximum atomic E-state index is 13.2. The van der Waals surface area contributed by atoms with Crippen LogP contribution in [0.1, 0.15) is 59.3 Å². The summed E-state index contributed by atoms with van der Waals surface area (Å²) in [5.41, 5.74) is 13.5. The molecule has 1 fully saturated rings. The van der Waals surface area contributed by atoms with Gasteiger partial charge >= 0.3 is 0 Å². The summed E-state index contributed by atoms with van der Waals surface area (Å²) in [7, 11) is 0. The molecule has 4 heterocycles. The number of aryl methyl sites for hydroxylation is 4. The van der Waals surface area contributed by atoms with E-state index in [1.807, 2.05) is 150 Å². The normalized spacial score (nSPS) is 13.3. The van der Waals surface area contributed by atoms with Gasteiger partial charge in [-0.3, -0.25) is 19.6 Å². The van der Waals surface area contributed by atoms with Gasteiger partial charge in [0.1, 0.15) is 5.82 Å². The van der Waals surface area contributed by atoms with Crippen molar-refractivity contribution in [1.82, 2.24) is 15.0 Å². The number of halogens is 1. The fourth-order valence-corrected chi connectivity index (χ4v) is 8.35. The van der Waals surface area contributed by atoms with Crippen LogP contribution >= 0.6 is 15.9 Å². The van der Waals surface area contributed by atoms with Gasteiger partial charge in [0.2, 0.25) is 11.8 Å². The van der Waals surface area contributed by atoms with Gasteiger partial charge in [-0.2, -0.15) is 0 Å². The van der Waals surface area contributed by atoms with Crippen LogP contribution < -0.4 is 20.4 Å². The molecule has 63 heavy (non-hydrogen) atoms. The number of amides is 2. The number of carbonyl (C=O) groups excluding carboxylic acids is 2. The molecule has 2 N–H and O–H groups in total. The second-order valence-electron chi connectivity index (χ2n) is 16.3. The van der Waals surface area contributed by atoms with Gasteiger partial charge < -0.3 is 20.4 Å². The Morgan fingerprint density at radius 2 is 1.02 bits per heavy atom. The lowest BCUT2D eigenvalue weighted by Crippen LogP contribution is -2.46. The van der Waals surface area contributed by atoms with Crippen LogP contribution in [0.4, 0.5) is 22.9 Å². The van der Waals surface area contributed by atoms with E-state index in [-0.39, 0.29) is 23.7 Å². The molecule has 10 heteroatoms. The average Bonchev–Trinajstić information content (AvgIpc) is 3.29. The van der Waals surface area contributed by atoms with Crippen molar-refractivity contribution in [2.75, 3.05) is 46.6 Å². The molecule has 0 aliphatic carbocycles. The van der Waals surface area contributed by atoms with Crippen LogP contribution in [0.2, 0.25) is 0 Å². The van der Waals surface area contributed by atoms with Crippen molar-refractivity contribution in [1.29, 1.82) is 0 Å². The minimum absolute atomic E-state index is 0.0102. The monoisotopic (exact) mass is 899 g/mol. The summed E-state index contributed by atoms with van der Waals surface area (Å²) >= 11 is 3.50. The number of hydrogen-bond donors (Lipinski definition) is 2. The molecule has 7 aromatic rings. The number of nitrogens with zero attached hydrogens (tertiary/aromatic N) is 5. The second kappa shape index (κ2) is 20.5. The third kappa shape index (κ3) is 11.8. The van der Waals surface area contributed by atoms with Crippen LogP contribution in [0.15, 0.2) is 150 Å². The van der Waals surface area contributed by atoms with Crippen LogP contribution in [-0.2, 0) is 9.59 Å². The third-order valence-corrected chi connectivity index (χ3v) is 11.8. The van der Waals surface area contributed by atoms with Gasteiger partial charge in [0, 0.05) is 77.7 Å². The Labute approximate surface area is 379 Å². The van der Waals surface area contributed by atoms with Crippen molar-refractivity contribution in [3.8, 4) is 22.3 Å². The predicted molar refractivity (Wildman–Crippen MR) is 262 cm³/mol. The molecule has 0 bridgehead atoms. The number of anilines is 4. The highest BCUT2D eigenvalue weighted by Gasteiger charge is 2.22. The minimum atomic E-state index is -0.268. The zero-order chi connectivity index (χ0) is 44.5. The third-order valence-electron chi connectivity index (χ3n) is 11.3. The molecule has 1 aliphatic rings. The van der Waals surface area contributed by atoms with E-state index >= 15 is 0 Å². The Bertz CT molecular complexity index is 2640. The second-order valence-corrected chi connectivity index (χ2v) is 17.2. The number of hydrogen-bond acceptors (Lipinski definition) is 7. The first kappa shape index (κ1) is 44.4. The van der Waals surface area contributed by atoms with Crippen molar-refractivity contribution in [2.24, 2.45) is 0 Å². The average molecular weight is 901 g/mol. The molecule has 8 rings (SSSR count). The summed E-state index contributed by atoms with van der Waals surface area (Å²) in [5, 5.41) is 6.10. The number of benzene rings is 4. The van der Waals surface area contributed by atoms with Crippen molar-refractivity contribution in [2.45, 2.75) is 53.4 Å². The first-order valence-corrected chi connectivity index (χ1v) is 22.2. The summed E-state index contributed by atoms with van der Waals surface area (Å²) in [4.78, 5) is 43.5. The largest absolute Gasteiger partial charge is 0.368 e. The highest BCUT2D eigenvalue weighted by molar-refractivity contribution is 9.10. The lowest BCUT2D eigenvalue weighted by Gasteiger charge is -2.37. The maximum absolute atomic E-state index is 13.2. The van der Waals surface area contributed by atoms with Gasteiger partial charge in [-0.05, 0) is 171 Å². The molecule has 1 saturated heterocycles. The van der Waals surface area contributed by atoms with Crippen LogP contribution in [0.25, 0.3) is 22.3 Å². The summed E-state index contributed by atoms with van der Waals surface area (Å²) in [5.74, 6) is 0.505. The van der Waals surface area contributed by atoms with Crippen molar-refractivity contribution >= 4 is 50.6 Å². The predicted octanol–water partition coefficient (Wildman–Crippen LogP) is 11.7. The van der Waals surface area contributed by atoms with Crippen LogP contribution in [0.3, 0.4) is 0 Å². The topological polar surface area (TPSA) is 103 Å². The van der Waals surface area contributed by atoms with E-state index in [0.29, 0.717) is 0 Å². The van der Waals surface area contributed by atoms with Crippen molar-refractivity contribution in [3.63, 3.8) is 0 Å². The lowest BCUT2D eigenvalue weighted by atomic mass is 9.97. The first-order valence-electron chi connectivity index (χ1n) is 21.4. The van der Waals surface area contributed by atoms with E-state index in [1.165, 1.54) is 5.69 Å². The fraction of sp³-hybridized carbons (Fsp3) is 0.226. The number of nitrogens with one attached hydrogen (secondary N) is 2. The Hall–Kier alpha value is -6.65. The molecule has 320 valence electrons. The van der Waals surface area contributed by atoms with Gasteiger partial charge in [0.05, 0.1) is 11.8 Å². The Balaban J connectivity index is 0.000000201. The fourth-order valence-electron chi connectivity index (χ4n) is 7.72. The van der Waals surface area contributed by atoms with Crippen molar-refractivity contribution < 1.29 is 9.59 Å². The highest BCUT2D eigenvalue weighted by atomic mass is 79.9. The summed E-state index contributed by atoms with van der Waals surface area (Å²) < 4.78 is 0.990. The van der Waals surface area contributed by atoms with Gasteiger partial charge in [-0.25, -0.2) is 4.98 Å². The minimum Gasteiger partial charge on any atom is -0.368 e. The quantitative estimate of drug-likeness (QED) is 0.141. The Morgan fingerprint density at radius 1 is 0.524 bits per heavy atom. The molecule has 1 aliphatic heterocycles. The van der Waals surface area contributed by atoms with Crippen LogP contribution in [-0.4, -0.2) is 52.9 Å². The molecule has 0 spiro atoms. The van der Waals surface area contributed by atoms with Gasteiger partial charge in [0.15, 0.2) is 0 Å². The van der Waals surface area contributed by atoms with Gasteiger partial charge in [-0.15, -0.1) is 0 Å².